The molecule has 36 heavy (non-hydrogen) atoms. The number of benzene rings is 3. The number of rotatable bonds is 8. The van der Waals surface area contributed by atoms with Crippen molar-refractivity contribution in [3.8, 4) is 16.9 Å². The van der Waals surface area contributed by atoms with Crippen molar-refractivity contribution in [2.45, 2.75) is 32.2 Å². The first-order chi connectivity index (χ1) is 17.3. The molecule has 0 spiro atoms. The first kappa shape index (κ1) is 25.2. The Morgan fingerprint density at radius 3 is 2.17 bits per heavy atom. The van der Waals surface area contributed by atoms with Crippen molar-refractivity contribution in [3.05, 3.63) is 102 Å². The lowest BCUT2D eigenvalue weighted by Gasteiger charge is -2.28. The number of aryl methyl sites for hydroxylation is 1. The maximum Gasteiger partial charge on any atom is 0.245 e. The quantitative estimate of drug-likeness (QED) is 0.301. The number of carbonyl (C=O) groups excluding carboxylic acids is 2. The van der Waals surface area contributed by atoms with Gasteiger partial charge in [-0.15, -0.1) is 11.6 Å². The molecule has 0 aliphatic carbocycles. The zero-order valence-electron chi connectivity index (χ0n) is 20.6. The van der Waals surface area contributed by atoms with Crippen LogP contribution in [0.4, 0.5) is 5.82 Å². The summed E-state index contributed by atoms with van der Waals surface area (Å²) < 4.78 is 1.70. The van der Waals surface area contributed by atoms with Crippen LogP contribution in [0.25, 0.3) is 16.9 Å². The highest BCUT2D eigenvalue weighted by Crippen LogP contribution is 2.26. The van der Waals surface area contributed by atoms with Gasteiger partial charge in [0.05, 0.1) is 11.4 Å². The first-order valence-corrected chi connectivity index (χ1v) is 12.3. The summed E-state index contributed by atoms with van der Waals surface area (Å²) in [6.45, 7) is 5.61. The zero-order chi connectivity index (χ0) is 25.7. The van der Waals surface area contributed by atoms with E-state index in [0.29, 0.717) is 11.4 Å². The standard InChI is InChI=1S/C29H29ClN4O2/c1-20(2)33(29(36)28(30)23-12-8-5-9-13-23)19-27(35)31-26-18-25(22-10-6-4-7-11-22)32-34(26)24-16-14-21(3)15-17-24/h4-18,20,28H,19H2,1-3H3,(H,31,35). The molecule has 3 aromatic carbocycles. The Balaban J connectivity index is 1.58. The van der Waals surface area contributed by atoms with Crippen LogP contribution in [0.15, 0.2) is 91.0 Å². The third-order valence-electron chi connectivity index (χ3n) is 5.85. The van der Waals surface area contributed by atoms with Gasteiger partial charge >= 0.3 is 0 Å². The number of halogens is 1. The van der Waals surface area contributed by atoms with Crippen molar-refractivity contribution in [2.75, 3.05) is 11.9 Å². The fourth-order valence-corrected chi connectivity index (χ4v) is 4.14. The van der Waals surface area contributed by atoms with Gasteiger partial charge < -0.3 is 10.2 Å². The summed E-state index contributed by atoms with van der Waals surface area (Å²) in [6.07, 6.45) is 0. The molecular formula is C29H29ClN4O2. The Kier molecular flexibility index (Phi) is 7.86. The normalized spacial score (nSPS) is 11.8. The van der Waals surface area contributed by atoms with Gasteiger partial charge in [0.15, 0.2) is 0 Å². The number of hydrogen-bond donors (Lipinski definition) is 1. The number of amides is 2. The second-order valence-corrected chi connectivity index (χ2v) is 9.35. The lowest BCUT2D eigenvalue weighted by atomic mass is 10.1. The van der Waals surface area contributed by atoms with Crippen LogP contribution in [0.3, 0.4) is 0 Å². The van der Waals surface area contributed by atoms with E-state index in [-0.39, 0.29) is 24.4 Å². The van der Waals surface area contributed by atoms with E-state index in [4.69, 9.17) is 16.7 Å². The molecule has 1 N–H and O–H groups in total. The van der Waals surface area contributed by atoms with Crippen molar-refractivity contribution in [2.24, 2.45) is 0 Å². The van der Waals surface area contributed by atoms with Crippen molar-refractivity contribution < 1.29 is 9.59 Å². The van der Waals surface area contributed by atoms with Gasteiger partial charge in [-0.1, -0.05) is 78.4 Å². The average molecular weight is 501 g/mol. The van der Waals surface area contributed by atoms with E-state index in [9.17, 15) is 9.59 Å². The van der Waals surface area contributed by atoms with Crippen LogP contribution in [0.5, 0.6) is 0 Å². The van der Waals surface area contributed by atoms with E-state index in [1.54, 1.807) is 16.8 Å². The monoisotopic (exact) mass is 500 g/mol. The molecule has 0 fully saturated rings. The van der Waals surface area contributed by atoms with E-state index in [0.717, 1.165) is 22.5 Å². The average Bonchev–Trinajstić information content (AvgIpc) is 3.31. The highest BCUT2D eigenvalue weighted by molar-refractivity contribution is 6.30. The molecule has 1 atom stereocenters. The van der Waals surface area contributed by atoms with E-state index in [1.807, 2.05) is 99.6 Å². The van der Waals surface area contributed by atoms with Crippen molar-refractivity contribution in [1.82, 2.24) is 14.7 Å². The van der Waals surface area contributed by atoms with Crippen LogP contribution in [-0.2, 0) is 9.59 Å². The Hall–Kier alpha value is -3.90. The number of nitrogens with one attached hydrogen (secondary N) is 1. The minimum atomic E-state index is -0.871. The molecule has 7 heteroatoms. The second kappa shape index (κ2) is 11.2. The van der Waals surface area contributed by atoms with Crippen molar-refractivity contribution in [3.63, 3.8) is 0 Å². The van der Waals surface area contributed by atoms with Gasteiger partial charge in [0, 0.05) is 17.7 Å². The van der Waals surface area contributed by atoms with Crippen LogP contribution >= 0.6 is 11.6 Å². The SMILES string of the molecule is Cc1ccc(-n2nc(-c3ccccc3)cc2NC(=O)CN(C(=O)C(Cl)c2ccccc2)C(C)C)cc1. The summed E-state index contributed by atoms with van der Waals surface area (Å²) >= 11 is 6.49. The molecule has 1 unspecified atom stereocenters. The van der Waals surface area contributed by atoms with Crippen LogP contribution < -0.4 is 5.32 Å². The minimum absolute atomic E-state index is 0.133. The van der Waals surface area contributed by atoms with Gasteiger partial charge in [0.25, 0.3) is 0 Å². The predicted molar refractivity (Wildman–Crippen MR) is 144 cm³/mol. The molecule has 1 heterocycles. The lowest BCUT2D eigenvalue weighted by molar-refractivity contribution is -0.136. The number of carbonyl (C=O) groups is 2. The molecule has 0 saturated heterocycles. The lowest BCUT2D eigenvalue weighted by Crippen LogP contribution is -2.44. The van der Waals surface area contributed by atoms with E-state index >= 15 is 0 Å². The zero-order valence-corrected chi connectivity index (χ0v) is 21.3. The van der Waals surface area contributed by atoms with Gasteiger partial charge in [0.1, 0.15) is 17.7 Å². The van der Waals surface area contributed by atoms with Gasteiger partial charge in [-0.3, -0.25) is 9.59 Å². The summed E-state index contributed by atoms with van der Waals surface area (Å²) in [6, 6.07) is 28.4. The molecule has 6 nitrogen and oxygen atoms in total. The third-order valence-corrected chi connectivity index (χ3v) is 6.29. The molecule has 0 aliphatic rings. The summed E-state index contributed by atoms with van der Waals surface area (Å²) in [5.41, 5.74) is 4.30. The van der Waals surface area contributed by atoms with Gasteiger partial charge in [-0.25, -0.2) is 4.68 Å². The third kappa shape index (κ3) is 5.83. The molecular weight excluding hydrogens is 472 g/mol. The van der Waals surface area contributed by atoms with E-state index in [2.05, 4.69) is 5.32 Å². The fraction of sp³-hybridized carbons (Fsp3) is 0.207. The first-order valence-electron chi connectivity index (χ1n) is 11.9. The Bertz CT molecular complexity index is 1320. The number of hydrogen-bond acceptors (Lipinski definition) is 3. The van der Waals surface area contributed by atoms with Gasteiger partial charge in [-0.2, -0.15) is 5.10 Å². The number of nitrogens with zero attached hydrogens (tertiary/aromatic N) is 3. The number of aromatic nitrogens is 2. The molecule has 2 amide bonds. The molecule has 1 aromatic heterocycles. The molecule has 0 saturated carbocycles. The summed E-state index contributed by atoms with van der Waals surface area (Å²) in [4.78, 5) is 27.9. The van der Waals surface area contributed by atoms with Gasteiger partial charge in [-0.05, 0) is 38.5 Å². The molecule has 184 valence electrons. The minimum Gasteiger partial charge on any atom is -0.329 e. The van der Waals surface area contributed by atoms with Crippen LogP contribution in [-0.4, -0.2) is 39.1 Å². The van der Waals surface area contributed by atoms with Crippen molar-refractivity contribution in [1.29, 1.82) is 0 Å². The molecule has 4 rings (SSSR count). The molecule has 0 aliphatic heterocycles. The highest BCUT2D eigenvalue weighted by atomic mass is 35.5. The van der Waals surface area contributed by atoms with Crippen molar-refractivity contribution >= 4 is 29.2 Å². The Morgan fingerprint density at radius 1 is 0.944 bits per heavy atom. The highest BCUT2D eigenvalue weighted by Gasteiger charge is 2.28. The predicted octanol–water partition coefficient (Wildman–Crippen LogP) is 6.00. The Labute approximate surface area is 216 Å². The van der Waals surface area contributed by atoms with E-state index in [1.165, 1.54) is 4.90 Å². The maximum absolute atomic E-state index is 13.2. The van der Waals surface area contributed by atoms with E-state index < -0.39 is 5.38 Å². The second-order valence-electron chi connectivity index (χ2n) is 8.91. The largest absolute Gasteiger partial charge is 0.329 e. The number of alkyl halides is 1. The fourth-order valence-electron chi connectivity index (χ4n) is 3.87. The van der Waals surface area contributed by atoms with Crippen LogP contribution in [0.2, 0.25) is 0 Å². The van der Waals surface area contributed by atoms with Gasteiger partial charge in [0.2, 0.25) is 11.8 Å². The topological polar surface area (TPSA) is 67.2 Å². The maximum atomic E-state index is 13.2. The molecule has 0 bridgehead atoms. The number of anilines is 1. The molecule has 4 aromatic rings. The Morgan fingerprint density at radius 2 is 1.56 bits per heavy atom. The van der Waals surface area contributed by atoms with Crippen LogP contribution in [0.1, 0.15) is 30.4 Å². The summed E-state index contributed by atoms with van der Waals surface area (Å²) in [5.74, 6) is -0.128. The smallest absolute Gasteiger partial charge is 0.245 e. The van der Waals surface area contributed by atoms with Crippen LogP contribution in [0, 0.1) is 6.92 Å². The molecule has 0 radical (unpaired) electrons. The summed E-state index contributed by atoms with van der Waals surface area (Å²) in [5, 5.41) is 6.84. The summed E-state index contributed by atoms with van der Waals surface area (Å²) in [7, 11) is 0.